The molecule has 7 heteroatoms. The van der Waals surface area contributed by atoms with Crippen LogP contribution in [0, 0.1) is 10.1 Å². The van der Waals surface area contributed by atoms with Gasteiger partial charge in [0, 0.05) is 22.0 Å². The Labute approximate surface area is 121 Å². The van der Waals surface area contributed by atoms with Crippen LogP contribution in [0.4, 0.5) is 11.4 Å². The second-order valence-electron chi connectivity index (χ2n) is 3.48. The molecule has 4 nitrogen and oxygen atoms in total. The minimum atomic E-state index is -0.408. The van der Waals surface area contributed by atoms with Crippen molar-refractivity contribution in [3.05, 3.63) is 54.1 Å². The van der Waals surface area contributed by atoms with E-state index in [1.165, 1.54) is 17.4 Å². The summed E-state index contributed by atoms with van der Waals surface area (Å²) >= 11 is 10.5. The fraction of sp³-hybridized carbons (Fsp3) is 0.0909. The smallest absolute Gasteiger partial charge is 0.293 e. The second-order valence-corrected chi connectivity index (χ2v) is 6.19. The van der Waals surface area contributed by atoms with E-state index in [1.54, 1.807) is 18.2 Å². The second kappa shape index (κ2) is 5.69. The SMILES string of the molecule is O=[N+]([O-])c1cc(Br)ccc1NCc1ccc(Cl)s1. The van der Waals surface area contributed by atoms with Crippen molar-refractivity contribution in [2.45, 2.75) is 6.54 Å². The van der Waals surface area contributed by atoms with Gasteiger partial charge in [-0.15, -0.1) is 11.3 Å². The zero-order valence-corrected chi connectivity index (χ0v) is 12.2. The van der Waals surface area contributed by atoms with Gasteiger partial charge in [-0.05, 0) is 24.3 Å². The lowest BCUT2D eigenvalue weighted by atomic mass is 10.2. The van der Waals surface area contributed by atoms with Gasteiger partial charge >= 0.3 is 0 Å². The van der Waals surface area contributed by atoms with E-state index in [0.717, 1.165) is 4.88 Å². The van der Waals surface area contributed by atoms with Crippen LogP contribution in [-0.4, -0.2) is 4.92 Å². The zero-order chi connectivity index (χ0) is 13.1. The van der Waals surface area contributed by atoms with Gasteiger partial charge in [0.25, 0.3) is 5.69 Å². The summed E-state index contributed by atoms with van der Waals surface area (Å²) in [5, 5.41) is 14.0. The molecule has 0 atom stereocenters. The molecule has 18 heavy (non-hydrogen) atoms. The topological polar surface area (TPSA) is 55.2 Å². The molecule has 1 heterocycles. The Morgan fingerprint density at radius 2 is 2.17 bits per heavy atom. The van der Waals surface area contributed by atoms with E-state index in [4.69, 9.17) is 11.6 Å². The molecule has 0 bridgehead atoms. The minimum Gasteiger partial charge on any atom is -0.375 e. The highest BCUT2D eigenvalue weighted by Gasteiger charge is 2.13. The summed E-state index contributed by atoms with van der Waals surface area (Å²) in [6, 6.07) is 8.61. The molecule has 0 spiro atoms. The van der Waals surface area contributed by atoms with Crippen molar-refractivity contribution >= 4 is 50.2 Å². The van der Waals surface area contributed by atoms with Crippen molar-refractivity contribution in [3.63, 3.8) is 0 Å². The fourth-order valence-electron chi connectivity index (χ4n) is 1.43. The predicted molar refractivity (Wildman–Crippen MR) is 77.5 cm³/mol. The summed E-state index contributed by atoms with van der Waals surface area (Å²) in [6.45, 7) is 0.514. The first-order chi connectivity index (χ1) is 8.56. The van der Waals surface area contributed by atoms with Crippen LogP contribution in [-0.2, 0) is 6.54 Å². The van der Waals surface area contributed by atoms with E-state index >= 15 is 0 Å². The predicted octanol–water partition coefficient (Wildman–Crippen LogP) is 4.68. The molecule has 0 aliphatic heterocycles. The molecule has 1 aromatic heterocycles. The minimum absolute atomic E-state index is 0.0482. The van der Waals surface area contributed by atoms with Gasteiger partial charge in [0.05, 0.1) is 9.26 Å². The van der Waals surface area contributed by atoms with Gasteiger partial charge in [0.2, 0.25) is 0 Å². The number of thiophene rings is 1. The number of benzene rings is 1. The van der Waals surface area contributed by atoms with E-state index < -0.39 is 4.92 Å². The number of hydrogen-bond donors (Lipinski definition) is 1. The lowest BCUT2D eigenvalue weighted by molar-refractivity contribution is -0.384. The summed E-state index contributed by atoms with van der Waals surface area (Å²) < 4.78 is 1.39. The van der Waals surface area contributed by atoms with Crippen LogP contribution in [0.1, 0.15) is 4.88 Å². The van der Waals surface area contributed by atoms with Crippen molar-refractivity contribution in [1.29, 1.82) is 0 Å². The van der Waals surface area contributed by atoms with E-state index in [1.807, 2.05) is 6.07 Å². The Morgan fingerprint density at radius 3 is 2.78 bits per heavy atom. The molecule has 0 saturated carbocycles. The first kappa shape index (κ1) is 13.3. The highest BCUT2D eigenvalue weighted by molar-refractivity contribution is 9.10. The summed E-state index contributed by atoms with van der Waals surface area (Å²) in [6.07, 6.45) is 0. The standard InChI is InChI=1S/C11H8BrClN2O2S/c12-7-1-3-9(10(5-7)15(16)17)14-6-8-2-4-11(13)18-8/h1-5,14H,6H2. The lowest BCUT2D eigenvalue weighted by Crippen LogP contribution is -2.01. The van der Waals surface area contributed by atoms with E-state index in [9.17, 15) is 10.1 Å². The molecule has 0 fully saturated rings. The van der Waals surface area contributed by atoms with Crippen LogP contribution < -0.4 is 5.32 Å². The number of halogens is 2. The molecule has 0 amide bonds. The van der Waals surface area contributed by atoms with Gasteiger partial charge in [-0.1, -0.05) is 27.5 Å². The average Bonchev–Trinajstić information content (AvgIpc) is 2.73. The van der Waals surface area contributed by atoms with Gasteiger partial charge < -0.3 is 5.32 Å². The summed E-state index contributed by atoms with van der Waals surface area (Å²) in [5.41, 5.74) is 0.541. The number of hydrogen-bond acceptors (Lipinski definition) is 4. The molecule has 1 N–H and O–H groups in total. The molecule has 2 rings (SSSR count). The summed E-state index contributed by atoms with van der Waals surface area (Å²) in [4.78, 5) is 11.5. The van der Waals surface area contributed by atoms with E-state index in [2.05, 4.69) is 21.2 Å². The monoisotopic (exact) mass is 346 g/mol. The lowest BCUT2D eigenvalue weighted by Gasteiger charge is -2.05. The van der Waals surface area contributed by atoms with Crippen molar-refractivity contribution in [2.75, 3.05) is 5.32 Å². The molecule has 94 valence electrons. The van der Waals surface area contributed by atoms with Crippen LogP contribution >= 0.6 is 38.9 Å². The first-order valence-corrected chi connectivity index (χ1v) is 6.97. The van der Waals surface area contributed by atoms with Crippen molar-refractivity contribution in [3.8, 4) is 0 Å². The number of rotatable bonds is 4. The molecular weight excluding hydrogens is 340 g/mol. The highest BCUT2D eigenvalue weighted by atomic mass is 79.9. The molecule has 0 aliphatic carbocycles. The Morgan fingerprint density at radius 1 is 1.39 bits per heavy atom. The first-order valence-electron chi connectivity index (χ1n) is 4.98. The molecule has 0 unspecified atom stereocenters. The van der Waals surface area contributed by atoms with Crippen molar-refractivity contribution in [1.82, 2.24) is 0 Å². The van der Waals surface area contributed by atoms with Crippen molar-refractivity contribution < 1.29 is 4.92 Å². The highest BCUT2D eigenvalue weighted by Crippen LogP contribution is 2.29. The molecule has 0 saturated heterocycles. The Bertz CT molecular complexity index is 588. The van der Waals surface area contributed by atoms with Crippen LogP contribution in [0.3, 0.4) is 0 Å². The molecule has 1 aromatic carbocycles. The van der Waals surface area contributed by atoms with Gasteiger partial charge in [0.15, 0.2) is 0 Å². The zero-order valence-electron chi connectivity index (χ0n) is 9.02. The largest absolute Gasteiger partial charge is 0.375 e. The van der Waals surface area contributed by atoms with Crippen molar-refractivity contribution in [2.24, 2.45) is 0 Å². The number of nitro groups is 1. The number of nitro benzene ring substituents is 1. The molecule has 0 radical (unpaired) electrons. The molecular formula is C11H8BrClN2O2S. The summed E-state index contributed by atoms with van der Waals surface area (Å²) in [5.74, 6) is 0. The quantitative estimate of drug-likeness (QED) is 0.645. The van der Waals surface area contributed by atoms with E-state index in [-0.39, 0.29) is 5.69 Å². The Hall–Kier alpha value is -1.11. The fourth-order valence-corrected chi connectivity index (χ4v) is 2.81. The van der Waals surface area contributed by atoms with Crippen LogP contribution in [0.25, 0.3) is 0 Å². The van der Waals surface area contributed by atoms with Gasteiger partial charge in [-0.3, -0.25) is 10.1 Å². The van der Waals surface area contributed by atoms with Crippen LogP contribution in [0.15, 0.2) is 34.8 Å². The van der Waals surface area contributed by atoms with Gasteiger partial charge in [-0.25, -0.2) is 0 Å². The van der Waals surface area contributed by atoms with Gasteiger partial charge in [0.1, 0.15) is 5.69 Å². The molecule has 0 aliphatic rings. The maximum atomic E-state index is 10.9. The van der Waals surface area contributed by atoms with Crippen LogP contribution in [0.5, 0.6) is 0 Å². The Balaban J connectivity index is 2.16. The number of nitrogens with one attached hydrogen (secondary N) is 1. The Kier molecular flexibility index (Phi) is 4.21. The maximum Gasteiger partial charge on any atom is 0.293 e. The number of nitrogens with zero attached hydrogens (tertiary/aromatic N) is 1. The number of anilines is 1. The third kappa shape index (κ3) is 3.22. The maximum absolute atomic E-state index is 10.9. The van der Waals surface area contributed by atoms with Gasteiger partial charge in [-0.2, -0.15) is 0 Å². The van der Waals surface area contributed by atoms with Crippen LogP contribution in [0.2, 0.25) is 4.34 Å². The third-order valence-corrected chi connectivity index (χ3v) is 3.96. The average molecular weight is 348 g/mol. The molecule has 2 aromatic rings. The summed E-state index contributed by atoms with van der Waals surface area (Å²) in [7, 11) is 0. The third-order valence-electron chi connectivity index (χ3n) is 2.24. The van der Waals surface area contributed by atoms with E-state index in [0.29, 0.717) is 21.0 Å². The normalized spacial score (nSPS) is 10.3.